The standard InChI is InChI=1S/C10H10F2OS/c11-10(12)9(13)8-5-6-3-1-2-4-7(6)14-8/h5,10H,1-4H2. The molecule has 0 saturated heterocycles. The van der Waals surface area contributed by atoms with Gasteiger partial charge in [-0.1, -0.05) is 0 Å². The predicted molar refractivity (Wildman–Crippen MR) is 51.3 cm³/mol. The van der Waals surface area contributed by atoms with Crippen LogP contribution >= 0.6 is 11.3 Å². The molecular weight excluding hydrogens is 206 g/mol. The molecule has 1 nitrogen and oxygen atoms in total. The molecule has 0 aromatic carbocycles. The molecule has 14 heavy (non-hydrogen) atoms. The number of rotatable bonds is 2. The summed E-state index contributed by atoms with van der Waals surface area (Å²) in [5.41, 5.74) is 1.10. The number of fused-ring (bicyclic) bond motifs is 1. The largest absolute Gasteiger partial charge is 0.301 e. The SMILES string of the molecule is O=C(c1cc2c(s1)CCCC2)C(F)F. The van der Waals surface area contributed by atoms with Crippen molar-refractivity contribution in [3.63, 3.8) is 0 Å². The number of alkyl halides is 2. The highest BCUT2D eigenvalue weighted by Gasteiger charge is 2.22. The molecule has 1 aliphatic rings. The highest BCUT2D eigenvalue weighted by Crippen LogP contribution is 2.30. The maximum atomic E-state index is 12.1. The van der Waals surface area contributed by atoms with E-state index in [4.69, 9.17) is 0 Å². The Labute approximate surface area is 84.7 Å². The van der Waals surface area contributed by atoms with Crippen LogP contribution in [-0.4, -0.2) is 12.2 Å². The van der Waals surface area contributed by atoms with E-state index in [0.717, 1.165) is 36.1 Å². The van der Waals surface area contributed by atoms with Crippen molar-refractivity contribution in [3.8, 4) is 0 Å². The smallest absolute Gasteiger partial charge is 0.287 e. The van der Waals surface area contributed by atoms with Gasteiger partial charge in [0.05, 0.1) is 4.88 Å². The topological polar surface area (TPSA) is 17.1 Å². The van der Waals surface area contributed by atoms with Gasteiger partial charge in [-0.2, -0.15) is 0 Å². The molecule has 1 aromatic rings. The van der Waals surface area contributed by atoms with E-state index in [2.05, 4.69) is 0 Å². The monoisotopic (exact) mass is 216 g/mol. The fraction of sp³-hybridized carbons (Fsp3) is 0.500. The van der Waals surface area contributed by atoms with Crippen molar-refractivity contribution in [3.05, 3.63) is 21.4 Å². The Kier molecular flexibility index (Phi) is 2.63. The van der Waals surface area contributed by atoms with Gasteiger partial charge in [-0.15, -0.1) is 11.3 Å². The first-order valence-corrected chi connectivity index (χ1v) is 5.44. The Hall–Kier alpha value is -0.770. The van der Waals surface area contributed by atoms with Gasteiger partial charge in [0.2, 0.25) is 5.78 Å². The Balaban J connectivity index is 2.28. The molecule has 0 saturated carbocycles. The van der Waals surface area contributed by atoms with E-state index in [-0.39, 0.29) is 4.88 Å². The first-order chi connectivity index (χ1) is 6.68. The minimum Gasteiger partial charge on any atom is -0.287 e. The second kappa shape index (κ2) is 3.77. The van der Waals surface area contributed by atoms with Gasteiger partial charge >= 0.3 is 6.43 Å². The van der Waals surface area contributed by atoms with Gasteiger partial charge < -0.3 is 0 Å². The van der Waals surface area contributed by atoms with Crippen LogP contribution in [0.2, 0.25) is 0 Å². The lowest BCUT2D eigenvalue weighted by molar-refractivity contribution is 0.0683. The maximum absolute atomic E-state index is 12.1. The molecule has 0 atom stereocenters. The third-order valence-electron chi connectivity index (χ3n) is 2.44. The van der Waals surface area contributed by atoms with Gasteiger partial charge in [-0.05, 0) is 37.3 Å². The fourth-order valence-electron chi connectivity index (χ4n) is 1.72. The van der Waals surface area contributed by atoms with Crippen LogP contribution in [0.5, 0.6) is 0 Å². The number of thiophene rings is 1. The molecule has 0 unspecified atom stereocenters. The maximum Gasteiger partial charge on any atom is 0.301 e. The molecule has 2 rings (SSSR count). The number of aryl methyl sites for hydroxylation is 2. The fourth-order valence-corrected chi connectivity index (χ4v) is 2.91. The minimum atomic E-state index is -2.87. The van der Waals surface area contributed by atoms with E-state index in [1.807, 2.05) is 0 Å². The van der Waals surface area contributed by atoms with E-state index in [1.165, 1.54) is 11.3 Å². The summed E-state index contributed by atoms with van der Waals surface area (Å²) in [6, 6.07) is 1.65. The molecule has 4 heteroatoms. The summed E-state index contributed by atoms with van der Waals surface area (Å²) >= 11 is 1.24. The van der Waals surface area contributed by atoms with Crippen molar-refractivity contribution in [1.82, 2.24) is 0 Å². The van der Waals surface area contributed by atoms with Crippen molar-refractivity contribution >= 4 is 17.1 Å². The third kappa shape index (κ3) is 1.71. The van der Waals surface area contributed by atoms with Gasteiger partial charge in [-0.3, -0.25) is 4.79 Å². The zero-order valence-electron chi connectivity index (χ0n) is 7.56. The summed E-state index contributed by atoms with van der Waals surface area (Å²) < 4.78 is 24.3. The Morgan fingerprint density at radius 2 is 2.07 bits per heavy atom. The number of carbonyl (C=O) groups is 1. The molecule has 0 spiro atoms. The number of Topliss-reactive ketones (excluding diaryl/α,β-unsaturated/α-hetero) is 1. The van der Waals surface area contributed by atoms with Gasteiger partial charge in [0.25, 0.3) is 0 Å². The van der Waals surface area contributed by atoms with Crippen molar-refractivity contribution in [2.75, 3.05) is 0 Å². The molecule has 0 aliphatic heterocycles. The Bertz CT molecular complexity index is 334. The van der Waals surface area contributed by atoms with Crippen LogP contribution in [0.4, 0.5) is 8.78 Å². The summed E-state index contributed by atoms with van der Waals surface area (Å²) in [5, 5.41) is 0. The molecule has 1 heterocycles. The third-order valence-corrected chi connectivity index (χ3v) is 3.69. The molecule has 0 amide bonds. The Morgan fingerprint density at radius 1 is 1.36 bits per heavy atom. The lowest BCUT2D eigenvalue weighted by atomic mass is 9.99. The lowest BCUT2D eigenvalue weighted by Gasteiger charge is -2.08. The molecular formula is C10H10F2OS. The lowest BCUT2D eigenvalue weighted by Crippen LogP contribution is -2.07. The van der Waals surface area contributed by atoms with E-state index in [9.17, 15) is 13.6 Å². The minimum absolute atomic E-state index is 0.229. The average molecular weight is 216 g/mol. The first kappa shape index (κ1) is 9.77. The Morgan fingerprint density at radius 3 is 2.71 bits per heavy atom. The van der Waals surface area contributed by atoms with Crippen molar-refractivity contribution in [2.24, 2.45) is 0 Å². The van der Waals surface area contributed by atoms with Crippen LogP contribution in [0.25, 0.3) is 0 Å². The van der Waals surface area contributed by atoms with Crippen LogP contribution in [-0.2, 0) is 12.8 Å². The number of halogens is 2. The molecule has 0 fully saturated rings. The van der Waals surface area contributed by atoms with E-state index in [1.54, 1.807) is 6.07 Å². The van der Waals surface area contributed by atoms with Crippen LogP contribution < -0.4 is 0 Å². The molecule has 1 aliphatic carbocycles. The van der Waals surface area contributed by atoms with Crippen molar-refractivity contribution < 1.29 is 13.6 Å². The second-order valence-electron chi connectivity index (χ2n) is 3.43. The summed E-state index contributed by atoms with van der Waals surface area (Å²) in [4.78, 5) is 12.4. The summed E-state index contributed by atoms with van der Waals surface area (Å²) in [6.45, 7) is 0. The molecule has 0 radical (unpaired) electrons. The second-order valence-corrected chi connectivity index (χ2v) is 4.57. The molecule has 0 bridgehead atoms. The van der Waals surface area contributed by atoms with Gasteiger partial charge in [0.15, 0.2) is 0 Å². The normalized spacial score (nSPS) is 15.6. The van der Waals surface area contributed by atoms with Crippen molar-refractivity contribution in [2.45, 2.75) is 32.1 Å². The average Bonchev–Trinajstić information content (AvgIpc) is 2.59. The van der Waals surface area contributed by atoms with E-state index < -0.39 is 12.2 Å². The van der Waals surface area contributed by atoms with Gasteiger partial charge in [0.1, 0.15) is 0 Å². The van der Waals surface area contributed by atoms with E-state index in [0.29, 0.717) is 0 Å². The highest BCUT2D eigenvalue weighted by molar-refractivity contribution is 7.14. The first-order valence-electron chi connectivity index (χ1n) is 4.62. The molecule has 76 valence electrons. The predicted octanol–water partition coefficient (Wildman–Crippen LogP) is 3.07. The quantitative estimate of drug-likeness (QED) is 0.694. The summed E-state index contributed by atoms with van der Waals surface area (Å²) in [5.74, 6) is -1.02. The van der Waals surface area contributed by atoms with Gasteiger partial charge in [0, 0.05) is 4.88 Å². The van der Waals surface area contributed by atoms with Crippen LogP contribution in [0.1, 0.15) is 33.0 Å². The molecule has 0 N–H and O–H groups in total. The number of hydrogen-bond donors (Lipinski definition) is 0. The molecule has 1 aromatic heterocycles. The van der Waals surface area contributed by atoms with Crippen molar-refractivity contribution in [1.29, 1.82) is 0 Å². The number of carbonyl (C=O) groups excluding carboxylic acids is 1. The zero-order valence-corrected chi connectivity index (χ0v) is 8.37. The zero-order chi connectivity index (χ0) is 10.1. The van der Waals surface area contributed by atoms with Crippen LogP contribution in [0.15, 0.2) is 6.07 Å². The van der Waals surface area contributed by atoms with Crippen LogP contribution in [0.3, 0.4) is 0 Å². The highest BCUT2D eigenvalue weighted by atomic mass is 32.1. The number of ketones is 1. The van der Waals surface area contributed by atoms with Crippen LogP contribution in [0, 0.1) is 0 Å². The number of hydrogen-bond acceptors (Lipinski definition) is 2. The van der Waals surface area contributed by atoms with E-state index >= 15 is 0 Å². The summed E-state index contributed by atoms with van der Waals surface area (Å²) in [7, 11) is 0. The van der Waals surface area contributed by atoms with Gasteiger partial charge in [-0.25, -0.2) is 8.78 Å². The summed E-state index contributed by atoms with van der Waals surface area (Å²) in [6.07, 6.45) is 1.22.